The van der Waals surface area contributed by atoms with Gasteiger partial charge < -0.3 is 15.1 Å². The Bertz CT molecular complexity index is 408. The number of piperazine rings is 1. The van der Waals surface area contributed by atoms with E-state index in [0.717, 1.165) is 37.8 Å². The minimum absolute atomic E-state index is 0.510. The Morgan fingerprint density at radius 2 is 2.00 bits per heavy atom. The van der Waals surface area contributed by atoms with Crippen molar-refractivity contribution in [2.45, 2.75) is 6.04 Å². The van der Waals surface area contributed by atoms with Gasteiger partial charge >= 0.3 is 0 Å². The molecule has 0 bridgehead atoms. The number of nitrogens with zero attached hydrogens (tertiary/aromatic N) is 5. The number of likely N-dealkylation sites (N-methyl/N-ethyl adjacent to an activating group) is 2. The second kappa shape index (κ2) is 6.16. The van der Waals surface area contributed by atoms with E-state index in [2.05, 4.69) is 39.2 Å². The summed E-state index contributed by atoms with van der Waals surface area (Å²) in [6, 6.07) is 0.510. The van der Waals surface area contributed by atoms with Gasteiger partial charge in [0.2, 0.25) is 0 Å². The zero-order chi connectivity index (χ0) is 13.8. The minimum Gasteiger partial charge on any atom is -0.365 e. The van der Waals surface area contributed by atoms with Crippen molar-refractivity contribution in [3.8, 4) is 0 Å². The largest absolute Gasteiger partial charge is 0.365 e. The van der Waals surface area contributed by atoms with Crippen LogP contribution in [-0.2, 0) is 0 Å². The Balaban J connectivity index is 1.98. The first-order valence-corrected chi connectivity index (χ1v) is 6.69. The van der Waals surface area contributed by atoms with Gasteiger partial charge in [0.05, 0.1) is 0 Å². The highest BCUT2D eigenvalue weighted by Crippen LogP contribution is 2.17. The van der Waals surface area contributed by atoms with Crippen molar-refractivity contribution < 1.29 is 0 Å². The number of hydrogen-bond acceptors (Lipinski definition) is 6. The van der Waals surface area contributed by atoms with Crippen LogP contribution in [0.25, 0.3) is 0 Å². The number of nitrogens with one attached hydrogen (secondary N) is 1. The van der Waals surface area contributed by atoms with Crippen LogP contribution in [0, 0.1) is 0 Å². The summed E-state index contributed by atoms with van der Waals surface area (Å²) in [4.78, 5) is 15.5. The molecule has 1 aliphatic heterocycles. The maximum Gasteiger partial charge on any atom is 0.171 e. The number of anilines is 2. The van der Waals surface area contributed by atoms with Gasteiger partial charge in [-0.3, -0.25) is 4.90 Å². The summed E-state index contributed by atoms with van der Waals surface area (Å²) in [5.74, 6) is 1.74. The fraction of sp³-hybridized carbons (Fsp3) is 0.692. The summed E-state index contributed by atoms with van der Waals surface area (Å²) >= 11 is 0. The summed E-state index contributed by atoms with van der Waals surface area (Å²) in [6.45, 7) is 4.23. The van der Waals surface area contributed by atoms with Crippen molar-refractivity contribution in [3.63, 3.8) is 0 Å². The summed E-state index contributed by atoms with van der Waals surface area (Å²) in [7, 11) is 8.32. The van der Waals surface area contributed by atoms with Crippen molar-refractivity contribution in [1.82, 2.24) is 19.8 Å². The molecule has 6 heteroatoms. The number of rotatable bonds is 4. The van der Waals surface area contributed by atoms with E-state index in [9.17, 15) is 0 Å². The van der Waals surface area contributed by atoms with Crippen LogP contribution >= 0.6 is 0 Å². The second-order valence-corrected chi connectivity index (χ2v) is 5.40. The van der Waals surface area contributed by atoms with Crippen molar-refractivity contribution in [1.29, 1.82) is 0 Å². The van der Waals surface area contributed by atoms with Gasteiger partial charge in [0.15, 0.2) is 11.6 Å². The lowest BCUT2D eigenvalue weighted by Crippen LogP contribution is -2.52. The number of hydrogen-bond donors (Lipinski definition) is 1. The van der Waals surface area contributed by atoms with E-state index in [4.69, 9.17) is 0 Å². The molecule has 1 aromatic rings. The summed E-state index contributed by atoms with van der Waals surface area (Å²) in [5.41, 5.74) is 0. The first kappa shape index (κ1) is 14.0. The molecule has 1 saturated heterocycles. The molecule has 0 amide bonds. The van der Waals surface area contributed by atoms with Crippen molar-refractivity contribution in [2.75, 3.05) is 64.6 Å². The fourth-order valence-electron chi connectivity index (χ4n) is 2.32. The maximum absolute atomic E-state index is 4.38. The minimum atomic E-state index is 0.510. The van der Waals surface area contributed by atoms with Gasteiger partial charge in [-0.2, -0.15) is 0 Å². The standard InChI is InChI=1S/C13H24N6/c1-17(2)13-12(14-5-6-15-13)16-9-11-10-18(3)7-8-19(11)4/h5-6,11H,7-10H2,1-4H3,(H,14,16)/t11-/m0/s1. The normalized spacial score (nSPS) is 21.4. The van der Waals surface area contributed by atoms with Crippen molar-refractivity contribution in [2.24, 2.45) is 0 Å². The molecule has 0 unspecified atom stereocenters. The smallest absolute Gasteiger partial charge is 0.171 e. The molecule has 0 radical (unpaired) electrons. The van der Waals surface area contributed by atoms with E-state index in [1.54, 1.807) is 12.4 Å². The quantitative estimate of drug-likeness (QED) is 0.838. The Labute approximate surface area is 115 Å². The van der Waals surface area contributed by atoms with Gasteiger partial charge in [-0.25, -0.2) is 9.97 Å². The molecule has 1 atom stereocenters. The van der Waals surface area contributed by atoms with Crippen LogP contribution < -0.4 is 10.2 Å². The lowest BCUT2D eigenvalue weighted by molar-refractivity contribution is 0.122. The highest BCUT2D eigenvalue weighted by Gasteiger charge is 2.22. The highest BCUT2D eigenvalue weighted by atomic mass is 15.3. The number of aromatic nitrogens is 2. The van der Waals surface area contributed by atoms with Gasteiger partial charge in [0.25, 0.3) is 0 Å². The Morgan fingerprint density at radius 1 is 1.26 bits per heavy atom. The predicted molar refractivity (Wildman–Crippen MR) is 78.8 cm³/mol. The van der Waals surface area contributed by atoms with Crippen LogP contribution in [0.4, 0.5) is 11.6 Å². The van der Waals surface area contributed by atoms with Crippen LogP contribution in [0.2, 0.25) is 0 Å². The van der Waals surface area contributed by atoms with Crippen LogP contribution in [0.1, 0.15) is 0 Å². The molecule has 1 aliphatic rings. The third-order valence-electron chi connectivity index (χ3n) is 3.59. The van der Waals surface area contributed by atoms with Gasteiger partial charge in [0.1, 0.15) is 0 Å². The highest BCUT2D eigenvalue weighted by molar-refractivity contribution is 5.59. The van der Waals surface area contributed by atoms with E-state index < -0.39 is 0 Å². The van der Waals surface area contributed by atoms with Gasteiger partial charge in [-0.15, -0.1) is 0 Å². The summed E-state index contributed by atoms with van der Waals surface area (Å²) < 4.78 is 0. The van der Waals surface area contributed by atoms with Crippen LogP contribution in [-0.4, -0.2) is 80.2 Å². The van der Waals surface area contributed by atoms with Gasteiger partial charge in [0, 0.05) is 58.7 Å². The van der Waals surface area contributed by atoms with Gasteiger partial charge in [-0.1, -0.05) is 0 Å². The molecule has 6 nitrogen and oxygen atoms in total. The Hall–Kier alpha value is -1.40. The average Bonchev–Trinajstić information content (AvgIpc) is 2.40. The lowest BCUT2D eigenvalue weighted by atomic mass is 10.2. The summed E-state index contributed by atoms with van der Waals surface area (Å²) in [6.07, 6.45) is 3.45. The molecular weight excluding hydrogens is 240 g/mol. The second-order valence-electron chi connectivity index (χ2n) is 5.40. The molecule has 2 heterocycles. The third kappa shape index (κ3) is 3.54. The molecule has 1 N–H and O–H groups in total. The molecular formula is C13H24N6. The summed E-state index contributed by atoms with van der Waals surface area (Å²) in [5, 5.41) is 3.43. The van der Waals surface area contributed by atoms with E-state index in [-0.39, 0.29) is 0 Å². The molecule has 106 valence electrons. The first-order valence-electron chi connectivity index (χ1n) is 6.69. The van der Waals surface area contributed by atoms with Crippen molar-refractivity contribution >= 4 is 11.6 Å². The molecule has 1 aromatic heterocycles. The Morgan fingerprint density at radius 3 is 2.74 bits per heavy atom. The fourth-order valence-corrected chi connectivity index (χ4v) is 2.32. The molecule has 0 aromatic carbocycles. The topological polar surface area (TPSA) is 47.5 Å². The monoisotopic (exact) mass is 264 g/mol. The van der Waals surface area contributed by atoms with Crippen LogP contribution in [0.5, 0.6) is 0 Å². The van der Waals surface area contributed by atoms with Crippen molar-refractivity contribution in [3.05, 3.63) is 12.4 Å². The SMILES string of the molecule is CN1CCN(C)[C@@H](CNc2nccnc2N(C)C)C1. The molecule has 2 rings (SSSR count). The average molecular weight is 264 g/mol. The molecule has 0 aliphatic carbocycles. The lowest BCUT2D eigenvalue weighted by Gasteiger charge is -2.37. The van der Waals surface area contributed by atoms with E-state index in [0.29, 0.717) is 6.04 Å². The van der Waals surface area contributed by atoms with Gasteiger partial charge in [-0.05, 0) is 14.1 Å². The van der Waals surface area contributed by atoms with Crippen LogP contribution in [0.15, 0.2) is 12.4 Å². The Kier molecular flexibility index (Phi) is 4.55. The van der Waals surface area contributed by atoms with Crippen LogP contribution in [0.3, 0.4) is 0 Å². The zero-order valence-corrected chi connectivity index (χ0v) is 12.3. The maximum atomic E-state index is 4.38. The van der Waals surface area contributed by atoms with E-state index in [1.807, 2.05) is 19.0 Å². The first-order chi connectivity index (χ1) is 9.08. The molecule has 0 saturated carbocycles. The zero-order valence-electron chi connectivity index (χ0n) is 12.3. The van der Waals surface area contributed by atoms with E-state index >= 15 is 0 Å². The predicted octanol–water partition coefficient (Wildman–Crippen LogP) is 0.200. The molecule has 0 spiro atoms. The molecule has 1 fully saturated rings. The molecule has 19 heavy (non-hydrogen) atoms. The third-order valence-corrected chi connectivity index (χ3v) is 3.59. The van der Waals surface area contributed by atoms with E-state index in [1.165, 1.54) is 0 Å².